The smallest absolute Gasteiger partial charge is 0.330 e. The van der Waals surface area contributed by atoms with E-state index in [0.29, 0.717) is 39.1 Å². The van der Waals surface area contributed by atoms with Crippen molar-refractivity contribution in [2.75, 3.05) is 193 Å². The van der Waals surface area contributed by atoms with Crippen LogP contribution < -0.4 is 21.3 Å². The molecule has 4 amide bonds. The molecule has 0 aromatic carbocycles. The molecule has 0 aromatic heterocycles. The van der Waals surface area contributed by atoms with Gasteiger partial charge in [-0.1, -0.05) is 51.1 Å². The Hall–Kier alpha value is -8.21. The third-order valence-corrected chi connectivity index (χ3v) is 13.0. The Morgan fingerprint density at radius 1 is 0.355 bits per heavy atom. The van der Waals surface area contributed by atoms with Crippen molar-refractivity contribution in [2.45, 2.75) is 103 Å². The van der Waals surface area contributed by atoms with Gasteiger partial charge in [-0.15, -0.1) is 19.7 Å². The molecule has 0 aliphatic carbocycles. The van der Waals surface area contributed by atoms with E-state index in [9.17, 15) is 43.2 Å². The largest absolute Gasteiger partial charge is 0.476 e. The van der Waals surface area contributed by atoms with Crippen LogP contribution in [0.1, 0.15) is 79.1 Å². The third-order valence-electron chi connectivity index (χ3n) is 13.0. The maximum Gasteiger partial charge on any atom is 0.330 e. The van der Waals surface area contributed by atoms with Crippen molar-refractivity contribution in [2.24, 2.45) is 5.41 Å². The van der Waals surface area contributed by atoms with Gasteiger partial charge in [-0.2, -0.15) is 0 Å². The minimum atomic E-state index is -1.47. The topological polar surface area (TPSA) is 402 Å². The number of carbonyl (C=O) groups is 9. The van der Waals surface area contributed by atoms with Crippen LogP contribution in [-0.4, -0.2) is 281 Å². The first-order valence-electron chi connectivity index (χ1n) is 34.3. The van der Waals surface area contributed by atoms with E-state index in [1.54, 1.807) is 11.0 Å². The quantitative estimate of drug-likeness (QED) is 0.0129. The Balaban J connectivity index is 0. The van der Waals surface area contributed by atoms with Gasteiger partial charge in [-0.25, -0.2) is 4.79 Å². The number of hydrogen-bond donors (Lipinski definition) is 4. The summed E-state index contributed by atoms with van der Waals surface area (Å²) in [4.78, 5) is 114. The molecule has 4 N–H and O–H groups in total. The number of nitrogens with zero attached hydrogens (tertiary/aromatic N) is 2. The SMILES string of the molecule is C=CCCC(CC(=O)OCC(COCOCC(COCOC=C)NC(C)=O)(COCOCC(COCOC=C)NC(C)=O)COC(=O)CC(COC(=O)C=C)NC(C)=O)NC(C)=O.C=CCCCOCOCN(CCN(CC(=O)OCCOCOC=C)CC(=O)OCCOCOC=C)COCOCCCC=C. The van der Waals surface area contributed by atoms with E-state index < -0.39 is 85.0 Å². The standard InChI is InChI=1S/C41H66N4O18.C30H52N2O12/c1-9-13-14-34(42-30(5)46)15-39(51)62-24-41(22-59-28-57-19-36(44-32(7)48)17-55-26-53-11-3,23-60-29-58-20-37(45-33(8)49)18-56-27-54-12-4)25-63-40(52)16-35(43-31(6)47)21-61-38(50)10-2;1-5-9-11-15-37-27-41-23-32(24-42-28-38-16-12-10-6-2)14-13-31(21-29(33)43-19-17-39-25-35-7-3)22-30(34)44-20-18-40-26-36-8-4/h9-12,34-37H,1-4,13-29H2,5-8H3,(H,42,46)(H,43,47)(H,44,48)(H,45,49);5-8H,1-4,9-28H2. The highest BCUT2D eigenvalue weighted by Crippen LogP contribution is 2.23. The summed E-state index contributed by atoms with van der Waals surface area (Å²) in [5.74, 6) is -4.96. The zero-order valence-electron chi connectivity index (χ0n) is 62.9. The van der Waals surface area contributed by atoms with Gasteiger partial charge in [-0.05, 0) is 38.5 Å². The second-order valence-corrected chi connectivity index (χ2v) is 22.7. The number of nitrogens with one attached hydrogen (secondary N) is 4. The van der Waals surface area contributed by atoms with Crippen molar-refractivity contribution in [1.82, 2.24) is 31.1 Å². The van der Waals surface area contributed by atoms with Crippen molar-refractivity contribution in [3.05, 3.63) is 102 Å². The molecular formula is C71H118N6O30. The van der Waals surface area contributed by atoms with Crippen LogP contribution >= 0.6 is 0 Å². The molecule has 0 spiro atoms. The summed E-state index contributed by atoms with van der Waals surface area (Å²) >= 11 is 0. The third kappa shape index (κ3) is 66.9. The molecule has 0 fully saturated rings. The number of unbranched alkanes of at least 4 members (excludes halogenated alkanes) is 2. The maximum atomic E-state index is 13.3. The van der Waals surface area contributed by atoms with Gasteiger partial charge in [0, 0.05) is 66.1 Å². The van der Waals surface area contributed by atoms with Crippen molar-refractivity contribution < 1.29 is 143 Å². The number of carbonyl (C=O) groups excluding carboxylic acids is 9. The monoisotopic (exact) mass is 1530 g/mol. The predicted molar refractivity (Wildman–Crippen MR) is 384 cm³/mol. The summed E-state index contributed by atoms with van der Waals surface area (Å²) in [5.41, 5.74) is -1.47. The number of rotatable bonds is 75. The van der Waals surface area contributed by atoms with Crippen molar-refractivity contribution in [3.63, 3.8) is 0 Å². The van der Waals surface area contributed by atoms with Crippen molar-refractivity contribution in [1.29, 1.82) is 0 Å². The Morgan fingerprint density at radius 2 is 0.720 bits per heavy atom. The molecule has 0 aliphatic rings. The van der Waals surface area contributed by atoms with E-state index in [1.807, 2.05) is 17.1 Å². The molecule has 0 saturated carbocycles. The zero-order chi connectivity index (χ0) is 79.7. The van der Waals surface area contributed by atoms with Crippen LogP contribution in [0, 0.1) is 5.41 Å². The first kappa shape index (κ1) is 101. The van der Waals surface area contributed by atoms with Gasteiger partial charge in [0.2, 0.25) is 23.6 Å². The molecule has 4 unspecified atom stereocenters. The lowest BCUT2D eigenvalue weighted by Gasteiger charge is -2.32. The summed E-state index contributed by atoms with van der Waals surface area (Å²) in [5, 5.41) is 10.6. The van der Waals surface area contributed by atoms with Gasteiger partial charge in [0.05, 0.1) is 127 Å². The predicted octanol–water partition coefficient (Wildman–Crippen LogP) is 3.58. The molecule has 0 bridgehead atoms. The van der Waals surface area contributed by atoms with Crippen molar-refractivity contribution in [3.8, 4) is 0 Å². The van der Waals surface area contributed by atoms with Crippen LogP contribution in [0.4, 0.5) is 0 Å². The van der Waals surface area contributed by atoms with E-state index in [-0.39, 0.29) is 178 Å². The molecule has 0 aromatic rings. The second-order valence-electron chi connectivity index (χ2n) is 22.7. The molecule has 36 nitrogen and oxygen atoms in total. The summed E-state index contributed by atoms with van der Waals surface area (Å²) in [6, 6.07) is -2.77. The number of allylic oxidation sites excluding steroid dienone is 3. The normalized spacial score (nSPS) is 12.4. The van der Waals surface area contributed by atoms with E-state index in [2.05, 4.69) is 73.9 Å². The Labute approximate surface area is 628 Å². The minimum absolute atomic E-state index is 0.00213. The summed E-state index contributed by atoms with van der Waals surface area (Å²) < 4.78 is 113. The van der Waals surface area contributed by atoms with Gasteiger partial charge in [0.15, 0.2) is 27.2 Å². The Morgan fingerprint density at radius 3 is 1.12 bits per heavy atom. The average molecular weight is 1540 g/mol. The van der Waals surface area contributed by atoms with E-state index in [4.69, 9.17) is 99.5 Å². The number of esters is 5. The molecule has 36 heteroatoms. The lowest BCUT2D eigenvalue weighted by molar-refractivity contribution is -0.177. The van der Waals surface area contributed by atoms with Gasteiger partial charge in [0.1, 0.15) is 73.7 Å². The van der Waals surface area contributed by atoms with Crippen LogP contribution in [0.3, 0.4) is 0 Å². The molecule has 107 heavy (non-hydrogen) atoms. The van der Waals surface area contributed by atoms with E-state index >= 15 is 0 Å². The van der Waals surface area contributed by atoms with E-state index in [1.165, 1.54) is 52.7 Å². The first-order valence-corrected chi connectivity index (χ1v) is 34.3. The minimum Gasteiger partial charge on any atom is -0.476 e. The molecule has 0 rings (SSSR count). The molecule has 0 heterocycles. The van der Waals surface area contributed by atoms with Crippen LogP contribution in [0.25, 0.3) is 0 Å². The Kier molecular flexibility index (Phi) is 67.9. The molecule has 612 valence electrons. The molecule has 0 saturated heterocycles. The molecular weight excluding hydrogens is 1420 g/mol. The fraction of sp³-hybridized carbons (Fsp3) is 0.648. The lowest BCUT2D eigenvalue weighted by Crippen LogP contribution is -2.45. The Bertz CT molecular complexity index is 2380. The number of ether oxygens (including phenoxy) is 21. The van der Waals surface area contributed by atoms with Gasteiger partial charge in [0.25, 0.3) is 0 Å². The van der Waals surface area contributed by atoms with Gasteiger partial charge < -0.3 is 121 Å². The summed E-state index contributed by atoms with van der Waals surface area (Å²) in [6.07, 6.45) is 14.8. The molecule has 4 atom stereocenters. The zero-order valence-corrected chi connectivity index (χ0v) is 62.9. The first-order chi connectivity index (χ1) is 51.6. The maximum absolute atomic E-state index is 13.3. The summed E-state index contributed by atoms with van der Waals surface area (Å²) in [6.45, 7) is 32.6. The average Bonchev–Trinajstić information content (AvgIpc) is 0.855. The summed E-state index contributed by atoms with van der Waals surface area (Å²) in [7, 11) is 0. The highest BCUT2D eigenvalue weighted by Gasteiger charge is 2.37. The fourth-order valence-corrected chi connectivity index (χ4v) is 8.26. The van der Waals surface area contributed by atoms with Gasteiger partial charge >= 0.3 is 29.8 Å². The van der Waals surface area contributed by atoms with Crippen molar-refractivity contribution >= 4 is 53.5 Å². The fourth-order valence-electron chi connectivity index (χ4n) is 8.26. The molecule has 0 aliphatic heterocycles. The highest BCUT2D eigenvalue weighted by molar-refractivity contribution is 5.81. The second kappa shape index (κ2) is 72.0. The number of amides is 4. The lowest BCUT2D eigenvalue weighted by atomic mass is 9.92. The van der Waals surface area contributed by atoms with E-state index in [0.717, 1.165) is 31.8 Å². The van der Waals surface area contributed by atoms with Crippen LogP contribution in [0.5, 0.6) is 0 Å². The molecule has 0 radical (unpaired) electrons. The number of hydrogen-bond acceptors (Lipinski definition) is 32. The van der Waals surface area contributed by atoms with Crippen LogP contribution in [0.2, 0.25) is 0 Å². The highest BCUT2D eigenvalue weighted by atomic mass is 16.7. The van der Waals surface area contributed by atoms with Gasteiger partial charge in [-0.3, -0.25) is 48.2 Å². The van der Waals surface area contributed by atoms with Crippen LogP contribution in [-0.2, 0) is 143 Å². The van der Waals surface area contributed by atoms with Crippen LogP contribution in [0.15, 0.2) is 102 Å².